The zero-order chi connectivity index (χ0) is 15.2. The first-order valence-electron chi connectivity index (χ1n) is 7.00. The van der Waals surface area contributed by atoms with Gasteiger partial charge in [-0.25, -0.2) is 4.79 Å². The molecule has 2 rings (SSSR count). The lowest BCUT2D eigenvalue weighted by Crippen LogP contribution is -2.34. The third-order valence-corrected chi connectivity index (χ3v) is 3.65. The lowest BCUT2D eigenvalue weighted by molar-refractivity contribution is -0.138. The molecule has 1 fully saturated rings. The number of carbonyl (C=O) groups excluding carboxylic acids is 1. The van der Waals surface area contributed by atoms with Crippen LogP contribution in [0.25, 0.3) is 0 Å². The Balaban J connectivity index is 1.76. The Labute approximate surface area is 123 Å². The smallest absolute Gasteiger partial charge is 0.410 e. The van der Waals surface area contributed by atoms with Gasteiger partial charge >= 0.3 is 12.1 Å². The fraction of sp³-hybridized carbons (Fsp3) is 0.467. The fourth-order valence-corrected chi connectivity index (χ4v) is 2.46. The molecule has 0 saturated carbocycles. The fourth-order valence-electron chi connectivity index (χ4n) is 2.46. The van der Waals surface area contributed by atoms with Gasteiger partial charge in [0.05, 0.1) is 0 Å². The molecule has 6 heteroatoms. The van der Waals surface area contributed by atoms with Crippen molar-refractivity contribution in [1.29, 1.82) is 0 Å². The van der Waals surface area contributed by atoms with Crippen LogP contribution in [0, 0.1) is 5.92 Å². The van der Waals surface area contributed by atoms with Gasteiger partial charge < -0.3 is 20.5 Å². The summed E-state index contributed by atoms with van der Waals surface area (Å²) >= 11 is 0. The Hall–Kier alpha value is -2.08. The summed E-state index contributed by atoms with van der Waals surface area (Å²) in [6.45, 7) is 1.34. The third-order valence-electron chi connectivity index (χ3n) is 3.65. The van der Waals surface area contributed by atoms with Crippen molar-refractivity contribution in [1.82, 2.24) is 4.90 Å². The zero-order valence-electron chi connectivity index (χ0n) is 11.8. The maximum Gasteiger partial charge on any atom is 0.410 e. The summed E-state index contributed by atoms with van der Waals surface area (Å²) in [4.78, 5) is 24.3. The molecule has 21 heavy (non-hydrogen) atoms. The van der Waals surface area contributed by atoms with Crippen LogP contribution in [0.1, 0.15) is 18.4 Å². The molecular weight excluding hydrogens is 272 g/mol. The number of nitrogens with two attached hydrogens (primary N) is 1. The Kier molecular flexibility index (Phi) is 5.16. The second kappa shape index (κ2) is 7.08. The van der Waals surface area contributed by atoms with Crippen molar-refractivity contribution in [3.63, 3.8) is 0 Å². The van der Waals surface area contributed by atoms with E-state index < -0.39 is 12.0 Å². The summed E-state index contributed by atoms with van der Waals surface area (Å²) in [5.41, 5.74) is 6.46. The molecular formula is C15H20N2O4. The molecule has 1 aromatic carbocycles. The van der Waals surface area contributed by atoms with Gasteiger partial charge in [-0.3, -0.25) is 4.79 Å². The van der Waals surface area contributed by atoms with Crippen molar-refractivity contribution in [3.05, 3.63) is 35.9 Å². The average molecular weight is 292 g/mol. The van der Waals surface area contributed by atoms with E-state index in [0.29, 0.717) is 19.5 Å². The first-order valence-corrected chi connectivity index (χ1v) is 7.00. The van der Waals surface area contributed by atoms with Crippen molar-refractivity contribution >= 4 is 12.1 Å². The van der Waals surface area contributed by atoms with E-state index in [1.165, 1.54) is 0 Å². The van der Waals surface area contributed by atoms with Gasteiger partial charge in [0.15, 0.2) is 0 Å². The molecule has 114 valence electrons. The highest BCUT2D eigenvalue weighted by molar-refractivity contribution is 5.73. The predicted octanol–water partition coefficient (Wildman–Crippen LogP) is 1.45. The first-order chi connectivity index (χ1) is 10.1. The summed E-state index contributed by atoms with van der Waals surface area (Å²) in [6.07, 6.45) is 0.796. The van der Waals surface area contributed by atoms with Crippen LogP contribution in [0.3, 0.4) is 0 Å². The van der Waals surface area contributed by atoms with Gasteiger partial charge in [0.25, 0.3) is 0 Å². The van der Waals surface area contributed by atoms with Crippen LogP contribution in [-0.4, -0.2) is 41.2 Å². The zero-order valence-corrected chi connectivity index (χ0v) is 11.8. The van der Waals surface area contributed by atoms with Gasteiger partial charge in [-0.1, -0.05) is 30.3 Å². The van der Waals surface area contributed by atoms with Crippen LogP contribution in [0.5, 0.6) is 0 Å². The van der Waals surface area contributed by atoms with Crippen LogP contribution >= 0.6 is 0 Å². The molecule has 1 amide bonds. The highest BCUT2D eigenvalue weighted by atomic mass is 16.6. The lowest BCUT2D eigenvalue weighted by Gasteiger charge is -2.17. The quantitative estimate of drug-likeness (QED) is 0.856. The largest absolute Gasteiger partial charge is 0.480 e. The Morgan fingerprint density at radius 1 is 1.38 bits per heavy atom. The van der Waals surface area contributed by atoms with E-state index in [-0.39, 0.29) is 18.6 Å². The summed E-state index contributed by atoms with van der Waals surface area (Å²) in [7, 11) is 0. The van der Waals surface area contributed by atoms with Crippen molar-refractivity contribution < 1.29 is 19.4 Å². The number of nitrogens with zero attached hydrogens (tertiary/aromatic N) is 1. The molecule has 0 aliphatic carbocycles. The van der Waals surface area contributed by atoms with Crippen molar-refractivity contribution in [2.75, 3.05) is 13.1 Å². The minimum Gasteiger partial charge on any atom is -0.480 e. The maximum atomic E-state index is 11.9. The molecule has 0 unspecified atom stereocenters. The third kappa shape index (κ3) is 4.46. The molecule has 1 aliphatic rings. The summed E-state index contributed by atoms with van der Waals surface area (Å²) < 4.78 is 5.25. The molecule has 1 saturated heterocycles. The van der Waals surface area contributed by atoms with Crippen molar-refractivity contribution in [2.24, 2.45) is 11.7 Å². The monoisotopic (exact) mass is 292 g/mol. The highest BCUT2D eigenvalue weighted by Crippen LogP contribution is 2.21. The molecule has 0 bridgehead atoms. The molecule has 1 aliphatic heterocycles. The number of carbonyl (C=O) groups is 2. The standard InChI is InChI=1S/C15H20N2O4/c16-13(14(18)19)8-12-6-7-17(9-12)15(20)21-10-11-4-2-1-3-5-11/h1-5,12-13H,6-10,16H2,(H,18,19)/t12-,13+/m1/s1. The number of likely N-dealkylation sites (tertiary alicyclic amines) is 1. The van der Waals surface area contributed by atoms with E-state index in [4.69, 9.17) is 15.6 Å². The van der Waals surface area contributed by atoms with E-state index in [1.54, 1.807) is 4.90 Å². The second-order valence-electron chi connectivity index (χ2n) is 5.32. The topological polar surface area (TPSA) is 92.9 Å². The van der Waals surface area contributed by atoms with E-state index >= 15 is 0 Å². The number of hydrogen-bond acceptors (Lipinski definition) is 4. The molecule has 0 aromatic heterocycles. The van der Waals surface area contributed by atoms with Crippen LogP contribution in [-0.2, 0) is 16.1 Å². The number of carboxylic acid groups (broad SMARTS) is 1. The molecule has 3 N–H and O–H groups in total. The number of carboxylic acids is 1. The van der Waals surface area contributed by atoms with Gasteiger partial charge in [-0.2, -0.15) is 0 Å². The molecule has 0 spiro atoms. The summed E-state index contributed by atoms with van der Waals surface area (Å²) in [6, 6.07) is 8.61. The van der Waals surface area contributed by atoms with E-state index in [0.717, 1.165) is 12.0 Å². The number of ether oxygens (including phenoxy) is 1. The Morgan fingerprint density at radius 3 is 2.76 bits per heavy atom. The second-order valence-corrected chi connectivity index (χ2v) is 5.32. The number of amides is 1. The van der Waals surface area contributed by atoms with Crippen molar-refractivity contribution in [2.45, 2.75) is 25.5 Å². The van der Waals surface area contributed by atoms with Crippen LogP contribution in [0.15, 0.2) is 30.3 Å². The molecule has 2 atom stereocenters. The van der Waals surface area contributed by atoms with Crippen LogP contribution < -0.4 is 5.73 Å². The van der Waals surface area contributed by atoms with Crippen LogP contribution in [0.2, 0.25) is 0 Å². The Bertz CT molecular complexity index is 492. The van der Waals surface area contributed by atoms with Gasteiger partial charge in [-0.05, 0) is 24.3 Å². The van der Waals surface area contributed by atoms with E-state index in [1.807, 2.05) is 30.3 Å². The molecule has 0 radical (unpaired) electrons. The molecule has 6 nitrogen and oxygen atoms in total. The molecule has 1 aromatic rings. The Morgan fingerprint density at radius 2 is 2.10 bits per heavy atom. The van der Waals surface area contributed by atoms with E-state index in [2.05, 4.69) is 0 Å². The van der Waals surface area contributed by atoms with Gasteiger partial charge in [0, 0.05) is 13.1 Å². The number of benzene rings is 1. The van der Waals surface area contributed by atoms with Crippen molar-refractivity contribution in [3.8, 4) is 0 Å². The SMILES string of the molecule is N[C@@H](C[C@H]1CCN(C(=O)OCc2ccccc2)C1)C(=O)O. The van der Waals surface area contributed by atoms with E-state index in [9.17, 15) is 9.59 Å². The minimum absolute atomic E-state index is 0.125. The van der Waals surface area contributed by atoms with Gasteiger partial charge in [-0.15, -0.1) is 0 Å². The number of aliphatic carboxylic acids is 1. The minimum atomic E-state index is -1.000. The summed E-state index contributed by atoms with van der Waals surface area (Å²) in [5, 5.41) is 8.80. The molecule has 1 heterocycles. The lowest BCUT2D eigenvalue weighted by atomic mass is 10.00. The maximum absolute atomic E-state index is 11.9. The van der Waals surface area contributed by atoms with Crippen LogP contribution in [0.4, 0.5) is 4.79 Å². The highest BCUT2D eigenvalue weighted by Gasteiger charge is 2.29. The van der Waals surface area contributed by atoms with Gasteiger partial charge in [0.2, 0.25) is 0 Å². The number of rotatable bonds is 5. The predicted molar refractivity (Wildman–Crippen MR) is 76.5 cm³/mol. The first kappa shape index (κ1) is 15.3. The summed E-state index contributed by atoms with van der Waals surface area (Å²) in [5.74, 6) is -0.875. The average Bonchev–Trinajstić information content (AvgIpc) is 2.94. The van der Waals surface area contributed by atoms with Gasteiger partial charge in [0.1, 0.15) is 12.6 Å². The normalized spacial score (nSPS) is 19.3. The number of hydrogen-bond donors (Lipinski definition) is 2.